The van der Waals surface area contributed by atoms with Crippen LogP contribution in [-0.2, 0) is 11.0 Å². The third-order valence-electron chi connectivity index (χ3n) is 4.95. The highest BCUT2D eigenvalue weighted by Crippen LogP contribution is 2.36. The quantitative estimate of drug-likeness (QED) is 0.870. The monoisotopic (exact) mass is 355 g/mol. The van der Waals surface area contributed by atoms with Crippen molar-refractivity contribution >= 4 is 17.3 Å². The summed E-state index contributed by atoms with van der Waals surface area (Å²) >= 11 is 0. The molecule has 3 rings (SSSR count). The summed E-state index contributed by atoms with van der Waals surface area (Å²) in [5.74, 6) is -0.401. The van der Waals surface area contributed by atoms with Crippen molar-refractivity contribution < 1.29 is 18.0 Å². The van der Waals surface area contributed by atoms with E-state index < -0.39 is 11.7 Å². The Balaban J connectivity index is 1.85. The van der Waals surface area contributed by atoms with Gasteiger partial charge in [0.1, 0.15) is 0 Å². The molecule has 0 spiro atoms. The minimum Gasteiger partial charge on any atom is -0.370 e. The number of carbonyl (C=O) groups is 1. The number of halogens is 3. The summed E-state index contributed by atoms with van der Waals surface area (Å²) in [5, 5.41) is 5.93. The average molecular weight is 355 g/mol. The topological polar surface area (TPSA) is 44.4 Å². The first kappa shape index (κ1) is 18.0. The summed E-state index contributed by atoms with van der Waals surface area (Å²) in [7, 11) is 0. The molecule has 0 aliphatic carbocycles. The van der Waals surface area contributed by atoms with Crippen LogP contribution < -0.4 is 15.5 Å². The van der Waals surface area contributed by atoms with Crippen LogP contribution in [0.25, 0.3) is 0 Å². The van der Waals surface area contributed by atoms with Gasteiger partial charge in [0.15, 0.2) is 0 Å². The molecule has 2 saturated heterocycles. The van der Waals surface area contributed by atoms with Gasteiger partial charge in [-0.3, -0.25) is 4.79 Å². The predicted octanol–water partition coefficient (Wildman–Crippen LogP) is 3.63. The molecule has 1 amide bonds. The van der Waals surface area contributed by atoms with Crippen LogP contribution in [0.1, 0.15) is 37.7 Å². The zero-order chi connectivity index (χ0) is 17.9. The summed E-state index contributed by atoms with van der Waals surface area (Å²) in [5.41, 5.74) is 0.224. The second-order valence-electron chi connectivity index (χ2n) is 6.81. The molecular formula is C18H24F3N3O. The van der Waals surface area contributed by atoms with Gasteiger partial charge >= 0.3 is 6.18 Å². The molecule has 1 atom stereocenters. The van der Waals surface area contributed by atoms with Crippen molar-refractivity contribution in [2.75, 3.05) is 36.4 Å². The van der Waals surface area contributed by atoms with Crippen LogP contribution in [-0.4, -0.2) is 32.1 Å². The van der Waals surface area contributed by atoms with E-state index in [0.717, 1.165) is 63.9 Å². The summed E-state index contributed by atoms with van der Waals surface area (Å²) in [6.45, 7) is 3.06. The first-order valence-electron chi connectivity index (χ1n) is 8.93. The van der Waals surface area contributed by atoms with Gasteiger partial charge < -0.3 is 15.5 Å². The Morgan fingerprint density at radius 1 is 1.16 bits per heavy atom. The van der Waals surface area contributed by atoms with Crippen LogP contribution in [0.5, 0.6) is 0 Å². The van der Waals surface area contributed by atoms with E-state index in [4.69, 9.17) is 0 Å². The van der Waals surface area contributed by atoms with Crippen LogP contribution in [0.4, 0.5) is 24.5 Å². The number of anilines is 2. The molecule has 25 heavy (non-hydrogen) atoms. The van der Waals surface area contributed by atoms with E-state index in [1.807, 2.05) is 0 Å². The molecule has 2 N–H and O–H groups in total. The molecule has 2 heterocycles. The van der Waals surface area contributed by atoms with E-state index >= 15 is 0 Å². The first-order valence-corrected chi connectivity index (χ1v) is 8.93. The predicted molar refractivity (Wildman–Crippen MR) is 91.7 cm³/mol. The van der Waals surface area contributed by atoms with Crippen LogP contribution >= 0.6 is 0 Å². The van der Waals surface area contributed by atoms with E-state index in [1.165, 1.54) is 6.07 Å². The molecule has 2 aliphatic rings. The molecule has 1 unspecified atom stereocenters. The maximum absolute atomic E-state index is 13.1. The Morgan fingerprint density at radius 2 is 1.92 bits per heavy atom. The largest absolute Gasteiger partial charge is 0.416 e. The number of nitrogens with one attached hydrogen (secondary N) is 2. The Morgan fingerprint density at radius 3 is 2.56 bits per heavy atom. The van der Waals surface area contributed by atoms with Gasteiger partial charge in [-0.15, -0.1) is 0 Å². The minimum absolute atomic E-state index is 0.197. The number of piperidine rings is 2. The zero-order valence-electron chi connectivity index (χ0n) is 14.2. The van der Waals surface area contributed by atoms with Crippen molar-refractivity contribution in [3.63, 3.8) is 0 Å². The van der Waals surface area contributed by atoms with E-state index in [9.17, 15) is 18.0 Å². The minimum atomic E-state index is -4.42. The molecule has 1 aromatic rings. The number of benzene rings is 1. The fourth-order valence-corrected chi connectivity index (χ4v) is 3.53. The second-order valence-corrected chi connectivity index (χ2v) is 6.81. The molecule has 1 aromatic carbocycles. The van der Waals surface area contributed by atoms with Crippen LogP contribution in [0.15, 0.2) is 18.2 Å². The molecular weight excluding hydrogens is 331 g/mol. The Labute approximate surface area is 145 Å². The van der Waals surface area contributed by atoms with E-state index in [1.54, 1.807) is 0 Å². The smallest absolute Gasteiger partial charge is 0.370 e. The van der Waals surface area contributed by atoms with Gasteiger partial charge in [-0.05, 0) is 56.8 Å². The molecule has 0 aromatic heterocycles. The van der Waals surface area contributed by atoms with Gasteiger partial charge in [-0.2, -0.15) is 13.2 Å². The molecule has 138 valence electrons. The molecule has 2 fully saturated rings. The lowest BCUT2D eigenvalue weighted by atomic mass is 9.98. The molecule has 2 aliphatic heterocycles. The van der Waals surface area contributed by atoms with Crippen LogP contribution in [0.2, 0.25) is 0 Å². The first-order chi connectivity index (χ1) is 11.9. The van der Waals surface area contributed by atoms with Crippen LogP contribution in [0, 0.1) is 5.92 Å². The van der Waals surface area contributed by atoms with Crippen molar-refractivity contribution in [3.8, 4) is 0 Å². The van der Waals surface area contributed by atoms with Gasteiger partial charge in [-0.25, -0.2) is 0 Å². The summed E-state index contributed by atoms with van der Waals surface area (Å²) in [6, 6.07) is 3.66. The molecule has 7 heteroatoms. The molecule has 0 saturated carbocycles. The van der Waals surface area contributed by atoms with Gasteiger partial charge in [0.2, 0.25) is 5.91 Å². The van der Waals surface area contributed by atoms with Crippen LogP contribution in [0.3, 0.4) is 0 Å². The highest BCUT2D eigenvalue weighted by atomic mass is 19.4. The van der Waals surface area contributed by atoms with E-state index in [2.05, 4.69) is 15.5 Å². The Hall–Kier alpha value is -1.76. The standard InChI is InChI=1S/C18H24F3N3O/c19-18(20,21)14-6-7-16(24-9-2-1-3-10-24)15(11-14)23-17(25)13-5-4-8-22-12-13/h6-7,11,13,22H,1-5,8-10,12H2,(H,23,25). The Kier molecular flexibility index (Phi) is 5.51. The van der Waals surface area contributed by atoms with Crippen molar-refractivity contribution in [2.45, 2.75) is 38.3 Å². The summed E-state index contributed by atoms with van der Waals surface area (Å²) in [6.07, 6.45) is 0.400. The average Bonchev–Trinajstić information content (AvgIpc) is 2.62. The van der Waals surface area contributed by atoms with Gasteiger partial charge in [0.25, 0.3) is 0 Å². The lowest BCUT2D eigenvalue weighted by Gasteiger charge is -2.31. The highest BCUT2D eigenvalue weighted by Gasteiger charge is 2.32. The second kappa shape index (κ2) is 7.64. The van der Waals surface area contributed by atoms with E-state index in [-0.39, 0.29) is 17.5 Å². The zero-order valence-corrected chi connectivity index (χ0v) is 14.2. The van der Waals surface area contributed by atoms with Crippen molar-refractivity contribution in [1.29, 1.82) is 0 Å². The maximum atomic E-state index is 13.1. The number of amides is 1. The molecule has 0 bridgehead atoms. The van der Waals surface area contributed by atoms with Crippen molar-refractivity contribution in [3.05, 3.63) is 23.8 Å². The van der Waals surface area contributed by atoms with Gasteiger partial charge in [-0.1, -0.05) is 0 Å². The van der Waals surface area contributed by atoms with Gasteiger partial charge in [0.05, 0.1) is 22.9 Å². The van der Waals surface area contributed by atoms with Crippen molar-refractivity contribution in [1.82, 2.24) is 5.32 Å². The highest BCUT2D eigenvalue weighted by molar-refractivity contribution is 5.96. The normalized spacial score (nSPS) is 21.9. The maximum Gasteiger partial charge on any atom is 0.416 e. The third-order valence-corrected chi connectivity index (χ3v) is 4.95. The lowest BCUT2D eigenvalue weighted by molar-refractivity contribution is -0.137. The number of hydrogen-bond donors (Lipinski definition) is 2. The number of nitrogens with zero attached hydrogens (tertiary/aromatic N) is 1. The SMILES string of the molecule is O=C(Nc1cc(C(F)(F)F)ccc1N1CCCCC1)C1CCCNC1. The fraction of sp³-hybridized carbons (Fsp3) is 0.611. The number of alkyl halides is 3. The molecule has 4 nitrogen and oxygen atoms in total. The fourth-order valence-electron chi connectivity index (χ4n) is 3.53. The number of hydrogen-bond acceptors (Lipinski definition) is 3. The lowest BCUT2D eigenvalue weighted by Crippen LogP contribution is -2.37. The van der Waals surface area contributed by atoms with Crippen molar-refractivity contribution in [2.24, 2.45) is 5.92 Å². The number of rotatable bonds is 3. The molecule has 0 radical (unpaired) electrons. The van der Waals surface area contributed by atoms with Gasteiger partial charge in [0, 0.05) is 19.6 Å². The third kappa shape index (κ3) is 4.45. The van der Waals surface area contributed by atoms with E-state index in [0.29, 0.717) is 12.2 Å². The number of carbonyl (C=O) groups excluding carboxylic acids is 1. The Bertz CT molecular complexity index is 606. The summed E-state index contributed by atoms with van der Waals surface area (Å²) in [4.78, 5) is 14.6. The summed E-state index contributed by atoms with van der Waals surface area (Å²) < 4.78 is 39.3.